The molecule has 0 N–H and O–H groups in total. The molecule has 1 heteroatoms. The van der Waals surface area contributed by atoms with Gasteiger partial charge in [0.05, 0.1) is 0 Å². The van der Waals surface area contributed by atoms with Crippen molar-refractivity contribution in [1.29, 1.82) is 0 Å². The van der Waals surface area contributed by atoms with Crippen molar-refractivity contribution in [3.63, 3.8) is 0 Å². The van der Waals surface area contributed by atoms with Crippen LogP contribution in [0.4, 0.5) is 0 Å². The van der Waals surface area contributed by atoms with E-state index in [4.69, 9.17) is 0 Å². The van der Waals surface area contributed by atoms with Gasteiger partial charge in [0.25, 0.3) is 0 Å². The van der Waals surface area contributed by atoms with E-state index in [2.05, 4.69) is 115 Å². The Morgan fingerprint density at radius 3 is 2.19 bits per heavy atom. The molecule has 0 nitrogen and oxygen atoms in total. The Hall–Kier alpha value is -2.13. The zero-order valence-corrected chi connectivity index (χ0v) is 17.0. The Kier molecular flexibility index (Phi) is 3.51. The predicted octanol–water partition coefficient (Wildman–Crippen LogP) is 7.42. The first-order valence-corrected chi connectivity index (χ1v) is 10.1. The minimum Gasteiger partial charge on any atom is -0.0619 e. The standard InChI is InChI=1S/C25H19I/c1-25(2)23-6-4-3-5-21(23)22-12-10-18(15-24(22)25)17-8-7-16-9-11-20(26)14-19(16)13-17/h3-15H,1-2H3. The molecule has 0 amide bonds. The molecule has 1 aliphatic rings. The summed E-state index contributed by atoms with van der Waals surface area (Å²) in [4.78, 5) is 0. The van der Waals surface area contributed by atoms with Crippen molar-refractivity contribution in [3.05, 3.63) is 93.6 Å². The summed E-state index contributed by atoms with van der Waals surface area (Å²) in [5, 5.41) is 2.60. The molecule has 5 rings (SSSR count). The van der Waals surface area contributed by atoms with Gasteiger partial charge >= 0.3 is 0 Å². The Balaban J connectivity index is 1.68. The summed E-state index contributed by atoms with van der Waals surface area (Å²) in [6, 6.07) is 29.2. The van der Waals surface area contributed by atoms with Crippen LogP contribution in [0.3, 0.4) is 0 Å². The lowest BCUT2D eigenvalue weighted by Crippen LogP contribution is -2.14. The lowest BCUT2D eigenvalue weighted by atomic mass is 9.81. The third kappa shape index (κ3) is 2.34. The van der Waals surface area contributed by atoms with E-state index in [1.165, 1.54) is 47.7 Å². The van der Waals surface area contributed by atoms with Gasteiger partial charge in [-0.1, -0.05) is 68.4 Å². The molecule has 0 aliphatic heterocycles. The van der Waals surface area contributed by atoms with Crippen molar-refractivity contribution >= 4 is 33.4 Å². The van der Waals surface area contributed by atoms with Gasteiger partial charge in [-0.05, 0) is 91.0 Å². The summed E-state index contributed by atoms with van der Waals surface area (Å²) in [6.07, 6.45) is 0. The van der Waals surface area contributed by atoms with Crippen LogP contribution in [0, 0.1) is 3.57 Å². The van der Waals surface area contributed by atoms with Crippen molar-refractivity contribution in [2.24, 2.45) is 0 Å². The topological polar surface area (TPSA) is 0 Å². The summed E-state index contributed by atoms with van der Waals surface area (Å²) >= 11 is 2.38. The predicted molar refractivity (Wildman–Crippen MR) is 120 cm³/mol. The fourth-order valence-electron chi connectivity index (χ4n) is 4.28. The van der Waals surface area contributed by atoms with Crippen molar-refractivity contribution in [2.45, 2.75) is 19.3 Å². The van der Waals surface area contributed by atoms with Crippen LogP contribution in [0.15, 0.2) is 78.9 Å². The largest absolute Gasteiger partial charge is 0.0619 e. The zero-order valence-electron chi connectivity index (χ0n) is 14.9. The SMILES string of the molecule is CC1(C)c2ccccc2-c2ccc(-c3ccc4ccc(I)cc4c3)cc21. The first-order chi connectivity index (χ1) is 12.5. The van der Waals surface area contributed by atoms with Crippen LogP contribution < -0.4 is 0 Å². The molecule has 0 fully saturated rings. The van der Waals surface area contributed by atoms with E-state index in [1.807, 2.05) is 0 Å². The first kappa shape index (κ1) is 16.1. The fraction of sp³-hybridized carbons (Fsp3) is 0.120. The average molecular weight is 446 g/mol. The quantitative estimate of drug-likeness (QED) is 0.267. The number of rotatable bonds is 1. The average Bonchev–Trinajstić information content (AvgIpc) is 2.89. The highest BCUT2D eigenvalue weighted by Crippen LogP contribution is 2.49. The summed E-state index contributed by atoms with van der Waals surface area (Å²) in [5.41, 5.74) is 8.25. The van der Waals surface area contributed by atoms with Crippen molar-refractivity contribution in [3.8, 4) is 22.3 Å². The summed E-state index contributed by atoms with van der Waals surface area (Å²) < 4.78 is 1.28. The molecule has 0 bridgehead atoms. The summed E-state index contributed by atoms with van der Waals surface area (Å²) in [7, 11) is 0. The van der Waals surface area contributed by atoms with Gasteiger partial charge in [-0.2, -0.15) is 0 Å². The lowest BCUT2D eigenvalue weighted by Gasteiger charge is -2.22. The molecular weight excluding hydrogens is 427 g/mol. The molecule has 26 heavy (non-hydrogen) atoms. The molecule has 4 aromatic rings. The van der Waals surface area contributed by atoms with Crippen LogP contribution in [-0.4, -0.2) is 0 Å². The van der Waals surface area contributed by atoms with Gasteiger partial charge in [0.2, 0.25) is 0 Å². The van der Waals surface area contributed by atoms with Crippen LogP contribution in [0.2, 0.25) is 0 Å². The lowest BCUT2D eigenvalue weighted by molar-refractivity contribution is 0.660. The van der Waals surface area contributed by atoms with Gasteiger partial charge in [0.1, 0.15) is 0 Å². The summed E-state index contributed by atoms with van der Waals surface area (Å²) in [5.74, 6) is 0. The van der Waals surface area contributed by atoms with Crippen molar-refractivity contribution in [2.75, 3.05) is 0 Å². The molecule has 1 aliphatic carbocycles. The maximum atomic E-state index is 2.39. The Morgan fingerprint density at radius 1 is 0.615 bits per heavy atom. The van der Waals surface area contributed by atoms with Gasteiger partial charge in [-0.15, -0.1) is 0 Å². The Bertz CT molecular complexity index is 1170. The summed E-state index contributed by atoms with van der Waals surface area (Å²) in [6.45, 7) is 4.67. The molecule has 0 saturated carbocycles. The molecule has 0 unspecified atom stereocenters. The number of halogens is 1. The Labute approximate surface area is 168 Å². The highest BCUT2D eigenvalue weighted by Gasteiger charge is 2.35. The van der Waals surface area contributed by atoms with Crippen LogP contribution in [-0.2, 0) is 5.41 Å². The highest BCUT2D eigenvalue weighted by atomic mass is 127. The van der Waals surface area contributed by atoms with E-state index in [0.29, 0.717) is 0 Å². The molecule has 0 spiro atoms. The van der Waals surface area contributed by atoms with Crippen LogP contribution in [0.1, 0.15) is 25.0 Å². The second kappa shape index (κ2) is 5.68. The van der Waals surface area contributed by atoms with Crippen molar-refractivity contribution < 1.29 is 0 Å². The number of benzene rings is 4. The van der Waals surface area contributed by atoms with Crippen LogP contribution in [0.5, 0.6) is 0 Å². The van der Waals surface area contributed by atoms with E-state index in [9.17, 15) is 0 Å². The minimum atomic E-state index is 0.0498. The van der Waals surface area contributed by atoms with Gasteiger partial charge < -0.3 is 0 Å². The fourth-order valence-corrected chi connectivity index (χ4v) is 4.80. The number of fused-ring (bicyclic) bond motifs is 4. The normalized spacial score (nSPS) is 14.3. The van der Waals surface area contributed by atoms with E-state index >= 15 is 0 Å². The maximum Gasteiger partial charge on any atom is 0.0159 e. The second-order valence-electron chi connectivity index (χ2n) is 7.64. The molecular formula is C25H19I. The minimum absolute atomic E-state index is 0.0498. The third-order valence-electron chi connectivity index (χ3n) is 5.72. The molecule has 4 aromatic carbocycles. The second-order valence-corrected chi connectivity index (χ2v) is 8.88. The van der Waals surface area contributed by atoms with Gasteiger partial charge in [0.15, 0.2) is 0 Å². The molecule has 0 saturated heterocycles. The number of hydrogen-bond acceptors (Lipinski definition) is 0. The molecule has 0 radical (unpaired) electrons. The van der Waals surface area contributed by atoms with Gasteiger partial charge in [-0.3, -0.25) is 0 Å². The first-order valence-electron chi connectivity index (χ1n) is 8.98. The van der Waals surface area contributed by atoms with Gasteiger partial charge in [-0.25, -0.2) is 0 Å². The van der Waals surface area contributed by atoms with Crippen LogP contribution >= 0.6 is 22.6 Å². The Morgan fingerprint density at radius 2 is 1.31 bits per heavy atom. The smallest absolute Gasteiger partial charge is 0.0159 e. The van der Waals surface area contributed by atoms with E-state index in [0.717, 1.165) is 0 Å². The highest BCUT2D eigenvalue weighted by molar-refractivity contribution is 14.1. The van der Waals surface area contributed by atoms with E-state index in [1.54, 1.807) is 0 Å². The third-order valence-corrected chi connectivity index (χ3v) is 6.39. The van der Waals surface area contributed by atoms with Gasteiger partial charge in [0, 0.05) is 8.99 Å². The monoisotopic (exact) mass is 446 g/mol. The molecule has 0 aromatic heterocycles. The maximum absolute atomic E-state index is 2.39. The van der Waals surface area contributed by atoms with E-state index < -0.39 is 0 Å². The number of hydrogen-bond donors (Lipinski definition) is 0. The molecule has 0 atom stereocenters. The van der Waals surface area contributed by atoms with Crippen molar-refractivity contribution in [1.82, 2.24) is 0 Å². The van der Waals surface area contributed by atoms with E-state index in [-0.39, 0.29) is 5.41 Å². The molecule has 0 heterocycles. The van der Waals surface area contributed by atoms with Crippen LogP contribution in [0.25, 0.3) is 33.0 Å². The molecule has 126 valence electrons. The zero-order chi connectivity index (χ0) is 17.9.